The number of alkyl halides is 1. The van der Waals surface area contributed by atoms with Crippen LogP contribution in [0.2, 0.25) is 0 Å². The van der Waals surface area contributed by atoms with Crippen LogP contribution in [0.25, 0.3) is 0 Å². The van der Waals surface area contributed by atoms with Gasteiger partial charge in [-0.1, -0.05) is 34.9 Å². The lowest BCUT2D eigenvalue weighted by Crippen LogP contribution is -2.39. The molecule has 0 radical (unpaired) electrons. The van der Waals surface area contributed by atoms with Gasteiger partial charge in [-0.25, -0.2) is 0 Å². The first-order valence-corrected chi connectivity index (χ1v) is 6.09. The van der Waals surface area contributed by atoms with E-state index in [1.807, 2.05) is 0 Å². The summed E-state index contributed by atoms with van der Waals surface area (Å²) in [6.45, 7) is 4.26. The third kappa shape index (κ3) is 0.890. The summed E-state index contributed by atoms with van der Waals surface area (Å²) in [7, 11) is 0. The van der Waals surface area contributed by atoms with E-state index in [0.29, 0.717) is 5.71 Å². The molecule has 2 rings (SSSR count). The van der Waals surface area contributed by atoms with E-state index in [-0.39, 0.29) is 16.7 Å². The van der Waals surface area contributed by atoms with E-state index in [0.717, 1.165) is 18.2 Å². The van der Waals surface area contributed by atoms with E-state index in [2.05, 4.69) is 34.9 Å². The van der Waals surface area contributed by atoms with Crippen molar-refractivity contribution in [3.63, 3.8) is 0 Å². The molecule has 2 aliphatic carbocycles. The summed E-state index contributed by atoms with van der Waals surface area (Å²) in [5, 5.41) is 23.1. The van der Waals surface area contributed by atoms with Crippen molar-refractivity contribution >= 4 is 21.6 Å². The summed E-state index contributed by atoms with van der Waals surface area (Å²) in [6, 6.07) is 0. The highest BCUT2D eigenvalue weighted by molar-refractivity contribution is 9.09. The van der Waals surface area contributed by atoms with Gasteiger partial charge in [0.15, 0.2) is 0 Å². The number of halogens is 1. The topological polar surface area (TPSA) is 52.8 Å². The van der Waals surface area contributed by atoms with Gasteiger partial charge in [-0.3, -0.25) is 0 Å². The van der Waals surface area contributed by atoms with Crippen LogP contribution in [-0.4, -0.2) is 27.5 Å². The normalized spacial score (nSPS) is 54.4. The van der Waals surface area contributed by atoms with Crippen LogP contribution in [0, 0.1) is 16.7 Å². The molecule has 0 aromatic carbocycles. The molecule has 4 heteroatoms. The number of hydrogen-bond acceptors (Lipinski definition) is 3. The van der Waals surface area contributed by atoms with Gasteiger partial charge in [0, 0.05) is 16.7 Å². The molecule has 2 saturated carbocycles. The first-order valence-electron chi connectivity index (χ1n) is 4.97. The first kappa shape index (κ1) is 10.4. The van der Waals surface area contributed by atoms with E-state index < -0.39 is 6.10 Å². The highest BCUT2D eigenvalue weighted by Gasteiger charge is 2.66. The number of fused-ring (bicyclic) bond motifs is 2. The minimum absolute atomic E-state index is 0.0218. The Bertz CT molecular complexity index is 292. The minimum Gasteiger partial charge on any atom is -0.411 e. The zero-order chi connectivity index (χ0) is 10.6. The molecule has 2 bridgehead atoms. The lowest BCUT2D eigenvalue weighted by molar-refractivity contribution is 0.0365. The summed E-state index contributed by atoms with van der Waals surface area (Å²) in [4.78, 5) is 0. The van der Waals surface area contributed by atoms with E-state index in [1.54, 1.807) is 0 Å². The van der Waals surface area contributed by atoms with Crippen LogP contribution in [-0.2, 0) is 0 Å². The zero-order valence-corrected chi connectivity index (χ0v) is 10.1. The third-order valence-corrected chi connectivity index (χ3v) is 5.82. The molecule has 2 aliphatic rings. The summed E-state index contributed by atoms with van der Waals surface area (Å²) >= 11 is 3.52. The number of aliphatic hydroxyl groups is 1. The number of rotatable bonds is 1. The van der Waals surface area contributed by atoms with Crippen LogP contribution in [0.5, 0.6) is 0 Å². The maximum atomic E-state index is 10.1. The van der Waals surface area contributed by atoms with Crippen LogP contribution < -0.4 is 0 Å². The van der Waals surface area contributed by atoms with Gasteiger partial charge < -0.3 is 10.3 Å². The third-order valence-electron chi connectivity index (χ3n) is 4.66. The molecule has 4 atom stereocenters. The van der Waals surface area contributed by atoms with Gasteiger partial charge in [-0.15, -0.1) is 0 Å². The molecule has 0 unspecified atom stereocenters. The number of oxime groups is 1. The molecule has 3 nitrogen and oxygen atoms in total. The van der Waals surface area contributed by atoms with Gasteiger partial charge in [0.1, 0.15) is 6.10 Å². The average Bonchev–Trinajstić information content (AvgIpc) is 2.52. The standard InChI is InChI=1S/C10H16BrNO2/c1-9-4-3-6(10(9,2)5-11)7(12-14)8(9)13/h6,8,13-14H,3-5H2,1-2H3/b12-7+/t6-,8+,9+,10-/m1/s1. The molecule has 80 valence electrons. The SMILES string of the molecule is C[C@]12CC[C@H](/C(=N\O)[C@@H]1O)[C@@]2(C)CBr. The fraction of sp³-hybridized carbons (Fsp3) is 0.900. The van der Waals surface area contributed by atoms with Crippen molar-refractivity contribution in [1.29, 1.82) is 0 Å². The Morgan fingerprint density at radius 2 is 2.21 bits per heavy atom. The second kappa shape index (κ2) is 2.95. The van der Waals surface area contributed by atoms with Gasteiger partial charge >= 0.3 is 0 Å². The molecular weight excluding hydrogens is 246 g/mol. The largest absolute Gasteiger partial charge is 0.411 e. The summed E-state index contributed by atoms with van der Waals surface area (Å²) in [6.07, 6.45) is 1.46. The fourth-order valence-electron chi connectivity index (χ4n) is 3.26. The molecular formula is C10H16BrNO2. The second-order valence-corrected chi connectivity index (χ2v) is 5.55. The Hall–Kier alpha value is -0.0900. The van der Waals surface area contributed by atoms with Crippen molar-refractivity contribution in [1.82, 2.24) is 0 Å². The van der Waals surface area contributed by atoms with E-state index in [4.69, 9.17) is 5.21 Å². The minimum atomic E-state index is -0.575. The number of nitrogens with zero attached hydrogens (tertiary/aromatic N) is 1. The molecule has 0 amide bonds. The maximum absolute atomic E-state index is 10.1. The van der Waals surface area contributed by atoms with Crippen molar-refractivity contribution in [2.24, 2.45) is 21.9 Å². The Morgan fingerprint density at radius 3 is 2.57 bits per heavy atom. The van der Waals surface area contributed by atoms with Crippen molar-refractivity contribution in [3.05, 3.63) is 0 Å². The lowest BCUT2D eigenvalue weighted by Gasteiger charge is -2.37. The smallest absolute Gasteiger partial charge is 0.102 e. The Balaban J connectivity index is 2.50. The van der Waals surface area contributed by atoms with Crippen LogP contribution in [0.3, 0.4) is 0 Å². The highest BCUT2D eigenvalue weighted by Crippen LogP contribution is 2.64. The molecule has 0 saturated heterocycles. The average molecular weight is 262 g/mol. The van der Waals surface area contributed by atoms with Crippen LogP contribution >= 0.6 is 15.9 Å². The van der Waals surface area contributed by atoms with Crippen molar-refractivity contribution < 1.29 is 10.3 Å². The lowest BCUT2D eigenvalue weighted by atomic mass is 9.70. The Kier molecular flexibility index (Phi) is 2.20. The van der Waals surface area contributed by atoms with E-state index >= 15 is 0 Å². The summed E-state index contributed by atoms with van der Waals surface area (Å²) in [5.41, 5.74) is 0.470. The van der Waals surface area contributed by atoms with Crippen LogP contribution in [0.1, 0.15) is 26.7 Å². The monoisotopic (exact) mass is 261 g/mol. The highest BCUT2D eigenvalue weighted by atomic mass is 79.9. The van der Waals surface area contributed by atoms with Crippen molar-refractivity contribution in [2.45, 2.75) is 32.8 Å². The van der Waals surface area contributed by atoms with Gasteiger partial charge in [0.2, 0.25) is 0 Å². The predicted molar refractivity (Wildman–Crippen MR) is 58.0 cm³/mol. The van der Waals surface area contributed by atoms with Gasteiger partial charge in [-0.05, 0) is 18.3 Å². The number of aliphatic hydroxyl groups excluding tert-OH is 1. The molecule has 14 heavy (non-hydrogen) atoms. The fourth-order valence-corrected chi connectivity index (χ4v) is 4.29. The van der Waals surface area contributed by atoms with Crippen LogP contribution in [0.15, 0.2) is 5.16 Å². The zero-order valence-electron chi connectivity index (χ0n) is 8.50. The van der Waals surface area contributed by atoms with Gasteiger partial charge in [-0.2, -0.15) is 0 Å². The predicted octanol–water partition coefficient (Wildman–Crippen LogP) is 2.01. The van der Waals surface area contributed by atoms with Crippen molar-refractivity contribution in [3.8, 4) is 0 Å². The Labute approximate surface area is 92.3 Å². The summed E-state index contributed by atoms with van der Waals surface area (Å²) < 4.78 is 0. The van der Waals surface area contributed by atoms with E-state index in [9.17, 15) is 5.11 Å². The molecule has 0 aromatic rings. The molecule has 2 fully saturated rings. The van der Waals surface area contributed by atoms with Crippen molar-refractivity contribution in [2.75, 3.05) is 5.33 Å². The quantitative estimate of drug-likeness (QED) is 0.431. The molecule has 2 N–H and O–H groups in total. The maximum Gasteiger partial charge on any atom is 0.102 e. The molecule has 0 aromatic heterocycles. The van der Waals surface area contributed by atoms with E-state index in [1.165, 1.54) is 0 Å². The van der Waals surface area contributed by atoms with Gasteiger partial charge in [0.05, 0.1) is 5.71 Å². The first-order chi connectivity index (χ1) is 6.51. The molecule has 0 spiro atoms. The summed E-state index contributed by atoms with van der Waals surface area (Å²) in [5.74, 6) is 0.229. The molecule has 0 heterocycles. The van der Waals surface area contributed by atoms with Crippen LogP contribution in [0.4, 0.5) is 0 Å². The van der Waals surface area contributed by atoms with Gasteiger partial charge in [0.25, 0.3) is 0 Å². The number of hydrogen-bond donors (Lipinski definition) is 2. The molecule has 0 aliphatic heterocycles. The Morgan fingerprint density at radius 1 is 1.57 bits per heavy atom. The second-order valence-electron chi connectivity index (χ2n) is 4.99.